The van der Waals surface area contributed by atoms with Gasteiger partial charge in [-0.2, -0.15) is 0 Å². The van der Waals surface area contributed by atoms with Gasteiger partial charge >= 0.3 is 0 Å². The van der Waals surface area contributed by atoms with Crippen molar-refractivity contribution in [3.05, 3.63) is 0 Å². The van der Waals surface area contributed by atoms with Crippen molar-refractivity contribution in [2.75, 3.05) is 0 Å². The lowest BCUT2D eigenvalue weighted by Gasteiger charge is -2.31. The fourth-order valence-electron chi connectivity index (χ4n) is 2.55. The highest BCUT2D eigenvalue weighted by Gasteiger charge is 2.28. The van der Waals surface area contributed by atoms with E-state index in [1.165, 1.54) is 32.1 Å². The van der Waals surface area contributed by atoms with Crippen molar-refractivity contribution in [1.29, 1.82) is 0 Å². The summed E-state index contributed by atoms with van der Waals surface area (Å²) in [6.07, 6.45) is 8.51. The van der Waals surface area contributed by atoms with Crippen molar-refractivity contribution in [2.45, 2.75) is 57.9 Å². The van der Waals surface area contributed by atoms with Crippen LogP contribution in [0.25, 0.3) is 0 Å². The molecule has 0 radical (unpaired) electrons. The summed E-state index contributed by atoms with van der Waals surface area (Å²) in [6.45, 7) is 2.29. The Morgan fingerprint density at radius 2 is 1.86 bits per heavy atom. The van der Waals surface area contributed by atoms with E-state index in [2.05, 4.69) is 12.2 Å². The van der Waals surface area contributed by atoms with Gasteiger partial charge in [-0.3, -0.25) is 4.79 Å². The highest BCUT2D eigenvalue weighted by Crippen LogP contribution is 2.28. The Kier molecular flexibility index (Phi) is 3.09. The molecule has 0 heterocycles. The summed E-state index contributed by atoms with van der Waals surface area (Å²) in [5, 5.41) is 3.21. The lowest BCUT2D eigenvalue weighted by Crippen LogP contribution is -2.42. The number of nitrogens with one attached hydrogen (secondary N) is 1. The molecule has 14 heavy (non-hydrogen) atoms. The van der Waals surface area contributed by atoms with Gasteiger partial charge in [0.15, 0.2) is 0 Å². The molecule has 80 valence electrons. The van der Waals surface area contributed by atoms with Crippen molar-refractivity contribution >= 4 is 5.91 Å². The molecule has 0 aromatic rings. The predicted molar refractivity (Wildman–Crippen MR) is 56.9 cm³/mol. The number of amides is 1. The molecule has 2 saturated carbocycles. The maximum Gasteiger partial charge on any atom is 0.223 e. The van der Waals surface area contributed by atoms with E-state index in [9.17, 15) is 4.79 Å². The molecule has 2 aliphatic carbocycles. The van der Waals surface area contributed by atoms with Crippen molar-refractivity contribution in [3.8, 4) is 0 Å². The highest BCUT2D eigenvalue weighted by atomic mass is 16.2. The Morgan fingerprint density at radius 1 is 1.14 bits per heavy atom. The summed E-state index contributed by atoms with van der Waals surface area (Å²) in [7, 11) is 0. The minimum Gasteiger partial charge on any atom is -0.353 e. The minimum atomic E-state index is 0.329. The van der Waals surface area contributed by atoms with Crippen molar-refractivity contribution in [2.24, 2.45) is 11.8 Å². The summed E-state index contributed by atoms with van der Waals surface area (Å²) >= 11 is 0. The van der Waals surface area contributed by atoms with Crippen LogP contribution in [-0.2, 0) is 4.79 Å². The van der Waals surface area contributed by atoms with Crippen LogP contribution in [-0.4, -0.2) is 11.9 Å². The topological polar surface area (TPSA) is 29.1 Å². The lowest BCUT2D eigenvalue weighted by molar-refractivity contribution is -0.128. The van der Waals surface area contributed by atoms with Gasteiger partial charge in [-0.25, -0.2) is 0 Å². The first kappa shape index (κ1) is 10.0. The lowest BCUT2D eigenvalue weighted by atomic mass is 9.83. The Morgan fingerprint density at radius 3 is 2.43 bits per heavy atom. The second kappa shape index (κ2) is 4.33. The van der Waals surface area contributed by atoms with Gasteiger partial charge in [0.1, 0.15) is 0 Å². The zero-order chi connectivity index (χ0) is 9.97. The van der Waals surface area contributed by atoms with Gasteiger partial charge in [0.05, 0.1) is 0 Å². The molecule has 1 N–H and O–H groups in total. The third-order valence-electron chi connectivity index (χ3n) is 3.76. The van der Waals surface area contributed by atoms with Gasteiger partial charge in [-0.15, -0.1) is 0 Å². The van der Waals surface area contributed by atoms with E-state index < -0.39 is 0 Å². The maximum atomic E-state index is 11.7. The summed E-state index contributed by atoms with van der Waals surface area (Å²) in [5.41, 5.74) is 0. The SMILES string of the molecule is CC1CCCC(NC(=O)C2CCC2)C1. The molecule has 2 unspecified atom stereocenters. The summed E-state index contributed by atoms with van der Waals surface area (Å²) in [5.74, 6) is 1.48. The summed E-state index contributed by atoms with van der Waals surface area (Å²) in [4.78, 5) is 11.7. The molecule has 0 saturated heterocycles. The van der Waals surface area contributed by atoms with Crippen LogP contribution in [0.1, 0.15) is 51.9 Å². The van der Waals surface area contributed by atoms with E-state index in [1.807, 2.05) is 0 Å². The number of hydrogen-bond donors (Lipinski definition) is 1. The van der Waals surface area contributed by atoms with E-state index in [4.69, 9.17) is 0 Å². The van der Waals surface area contributed by atoms with Crippen LogP contribution in [0.3, 0.4) is 0 Å². The smallest absolute Gasteiger partial charge is 0.223 e. The Hall–Kier alpha value is -0.530. The average molecular weight is 195 g/mol. The van der Waals surface area contributed by atoms with Crippen LogP contribution in [0.4, 0.5) is 0 Å². The first-order chi connectivity index (χ1) is 6.75. The number of carbonyl (C=O) groups is 1. The molecular formula is C12H21NO. The molecule has 2 nitrogen and oxygen atoms in total. The molecule has 0 bridgehead atoms. The first-order valence-electron chi connectivity index (χ1n) is 6.06. The minimum absolute atomic E-state index is 0.329. The Balaban J connectivity index is 1.75. The highest BCUT2D eigenvalue weighted by molar-refractivity contribution is 5.79. The van der Waals surface area contributed by atoms with Crippen LogP contribution in [0.15, 0.2) is 0 Å². The molecule has 2 atom stereocenters. The van der Waals surface area contributed by atoms with Crippen LogP contribution >= 0.6 is 0 Å². The maximum absolute atomic E-state index is 11.7. The summed E-state index contributed by atoms with van der Waals surface area (Å²) in [6, 6.07) is 0.479. The van der Waals surface area contributed by atoms with Crippen LogP contribution in [0.2, 0.25) is 0 Å². The second-order valence-corrected chi connectivity index (χ2v) is 5.11. The Bertz CT molecular complexity index is 210. The van der Waals surface area contributed by atoms with Gasteiger partial charge in [0, 0.05) is 12.0 Å². The molecule has 2 heteroatoms. The van der Waals surface area contributed by atoms with Gasteiger partial charge in [-0.05, 0) is 31.6 Å². The molecule has 0 aliphatic heterocycles. The normalized spacial score (nSPS) is 33.5. The molecule has 2 rings (SSSR count). The van der Waals surface area contributed by atoms with E-state index >= 15 is 0 Å². The van der Waals surface area contributed by atoms with Gasteiger partial charge in [0.2, 0.25) is 5.91 Å². The molecular weight excluding hydrogens is 174 g/mol. The van der Waals surface area contributed by atoms with Crippen LogP contribution in [0.5, 0.6) is 0 Å². The molecule has 0 aromatic heterocycles. The zero-order valence-electron chi connectivity index (χ0n) is 9.09. The van der Waals surface area contributed by atoms with Crippen molar-refractivity contribution < 1.29 is 4.79 Å². The average Bonchev–Trinajstić information content (AvgIpc) is 1.99. The Labute approximate surface area is 86.5 Å². The molecule has 2 aliphatic rings. The van der Waals surface area contributed by atoms with E-state index in [1.54, 1.807) is 0 Å². The standard InChI is InChI=1S/C12H21NO/c1-9-4-2-7-11(8-9)13-12(14)10-5-3-6-10/h9-11H,2-8H2,1H3,(H,13,14). The third-order valence-corrected chi connectivity index (χ3v) is 3.76. The van der Waals surface area contributed by atoms with Crippen LogP contribution in [0, 0.1) is 11.8 Å². The van der Waals surface area contributed by atoms with Crippen LogP contribution < -0.4 is 5.32 Å². The van der Waals surface area contributed by atoms with Crippen molar-refractivity contribution in [1.82, 2.24) is 5.32 Å². The van der Waals surface area contributed by atoms with Gasteiger partial charge < -0.3 is 5.32 Å². The van der Waals surface area contributed by atoms with E-state index in [0.717, 1.165) is 18.8 Å². The summed E-state index contributed by atoms with van der Waals surface area (Å²) < 4.78 is 0. The second-order valence-electron chi connectivity index (χ2n) is 5.11. The number of carbonyl (C=O) groups excluding carboxylic acids is 1. The fraction of sp³-hybridized carbons (Fsp3) is 0.917. The zero-order valence-corrected chi connectivity index (χ0v) is 9.09. The number of hydrogen-bond acceptors (Lipinski definition) is 1. The van der Waals surface area contributed by atoms with Crippen molar-refractivity contribution in [3.63, 3.8) is 0 Å². The van der Waals surface area contributed by atoms with E-state index in [0.29, 0.717) is 17.9 Å². The molecule has 2 fully saturated rings. The first-order valence-corrected chi connectivity index (χ1v) is 6.06. The predicted octanol–water partition coefficient (Wildman–Crippen LogP) is 2.48. The quantitative estimate of drug-likeness (QED) is 0.720. The largest absolute Gasteiger partial charge is 0.353 e. The fourth-order valence-corrected chi connectivity index (χ4v) is 2.55. The van der Waals surface area contributed by atoms with Gasteiger partial charge in [-0.1, -0.05) is 26.2 Å². The monoisotopic (exact) mass is 195 g/mol. The number of rotatable bonds is 2. The third kappa shape index (κ3) is 2.28. The van der Waals surface area contributed by atoms with Gasteiger partial charge in [0.25, 0.3) is 0 Å². The molecule has 1 amide bonds. The molecule has 0 aromatic carbocycles. The molecule has 0 spiro atoms. The van der Waals surface area contributed by atoms with E-state index in [-0.39, 0.29) is 0 Å².